The van der Waals surface area contributed by atoms with Crippen LogP contribution in [0.5, 0.6) is 0 Å². The van der Waals surface area contributed by atoms with Crippen LogP contribution in [0, 0.1) is 20.2 Å². The lowest BCUT2D eigenvalue weighted by Crippen LogP contribution is -2.10. The number of carbonyl (C=O) groups is 1. The lowest BCUT2D eigenvalue weighted by atomic mass is 10.1. The summed E-state index contributed by atoms with van der Waals surface area (Å²) in [5, 5.41) is 34.9. The third-order valence-electron chi connectivity index (χ3n) is 3.27. The molecule has 140 valence electrons. The molecule has 0 spiro atoms. The number of nitro groups is 2. The van der Waals surface area contributed by atoms with Gasteiger partial charge in [0.25, 0.3) is 5.69 Å². The summed E-state index contributed by atoms with van der Waals surface area (Å²) in [6.45, 7) is 0. The molecule has 0 aliphatic rings. The van der Waals surface area contributed by atoms with Crippen molar-refractivity contribution in [2.24, 2.45) is 5.10 Å². The number of non-ortho nitro benzene ring substituents is 1. The topological polar surface area (TPSA) is 148 Å². The van der Waals surface area contributed by atoms with Gasteiger partial charge in [-0.3, -0.25) is 30.4 Å². The number of carboxylic acids is 1. The van der Waals surface area contributed by atoms with Crippen molar-refractivity contribution >= 4 is 40.5 Å². The van der Waals surface area contributed by atoms with Crippen LogP contribution >= 0.6 is 11.8 Å². The van der Waals surface area contributed by atoms with E-state index in [0.717, 1.165) is 23.9 Å². The Morgan fingerprint density at radius 3 is 2.37 bits per heavy atom. The zero-order valence-corrected chi connectivity index (χ0v) is 14.6. The monoisotopic (exact) mass is 390 g/mol. The number of nitrogens with one attached hydrogen (secondary N) is 1. The van der Waals surface area contributed by atoms with E-state index in [2.05, 4.69) is 10.5 Å². The van der Waals surface area contributed by atoms with Crippen LogP contribution in [-0.2, 0) is 4.79 Å². The highest BCUT2D eigenvalue weighted by Gasteiger charge is 2.19. The lowest BCUT2D eigenvalue weighted by Gasteiger charge is -2.08. The van der Waals surface area contributed by atoms with Gasteiger partial charge >= 0.3 is 11.7 Å². The average Bonchev–Trinajstić information content (AvgIpc) is 2.64. The van der Waals surface area contributed by atoms with Crippen molar-refractivity contribution in [1.82, 2.24) is 0 Å². The first-order valence-electron chi connectivity index (χ1n) is 7.49. The standard InChI is InChI=1S/C16H14N4O6S/c21-16(22)10-27-9-14(11-4-2-1-3-5-11)18-17-13-7-6-12(19(23)24)8-15(13)20(25)26/h1-8,17H,9-10H2,(H,21,22)/b18-14+. The summed E-state index contributed by atoms with van der Waals surface area (Å²) in [5.74, 6) is -0.834. The number of rotatable bonds is 9. The van der Waals surface area contributed by atoms with Crippen molar-refractivity contribution in [2.45, 2.75) is 0 Å². The van der Waals surface area contributed by atoms with Crippen molar-refractivity contribution in [3.05, 3.63) is 74.3 Å². The zero-order chi connectivity index (χ0) is 19.8. The Morgan fingerprint density at radius 2 is 1.78 bits per heavy atom. The minimum absolute atomic E-state index is 0.0118. The SMILES string of the molecule is O=C(O)CSC/C(=N\Nc1ccc([N+](=O)[O-])cc1[N+](=O)[O-])c1ccccc1. The molecule has 2 aromatic rings. The number of aliphatic carboxylic acids is 1. The van der Waals surface area contributed by atoms with E-state index in [1.165, 1.54) is 6.07 Å². The molecule has 10 nitrogen and oxygen atoms in total. The normalized spacial score (nSPS) is 11.0. The van der Waals surface area contributed by atoms with Crippen LogP contribution in [0.1, 0.15) is 5.56 Å². The number of carboxylic acid groups (broad SMARTS) is 1. The minimum Gasteiger partial charge on any atom is -0.481 e. The van der Waals surface area contributed by atoms with Crippen LogP contribution in [0.3, 0.4) is 0 Å². The number of anilines is 1. The number of nitro benzene ring substituents is 2. The second-order valence-corrected chi connectivity index (χ2v) is 6.12. The Balaban J connectivity index is 2.30. The summed E-state index contributed by atoms with van der Waals surface area (Å²) < 4.78 is 0. The first kappa shape index (κ1) is 19.8. The average molecular weight is 390 g/mol. The number of hydrogen-bond acceptors (Lipinski definition) is 8. The second-order valence-electron chi connectivity index (χ2n) is 5.14. The molecule has 0 heterocycles. The maximum atomic E-state index is 11.2. The molecule has 2 N–H and O–H groups in total. The third kappa shape index (κ3) is 5.78. The van der Waals surface area contributed by atoms with E-state index in [-0.39, 0.29) is 17.2 Å². The fraction of sp³-hybridized carbons (Fsp3) is 0.125. The van der Waals surface area contributed by atoms with Crippen molar-refractivity contribution in [2.75, 3.05) is 16.9 Å². The van der Waals surface area contributed by atoms with Gasteiger partial charge in [-0.2, -0.15) is 5.10 Å². The number of benzene rings is 2. The second kappa shape index (κ2) is 9.29. The van der Waals surface area contributed by atoms with Gasteiger partial charge in [0.2, 0.25) is 0 Å². The van der Waals surface area contributed by atoms with Crippen molar-refractivity contribution in [1.29, 1.82) is 0 Å². The van der Waals surface area contributed by atoms with Gasteiger partial charge in [0.15, 0.2) is 0 Å². The smallest absolute Gasteiger partial charge is 0.313 e. The van der Waals surface area contributed by atoms with Crippen LogP contribution in [0.15, 0.2) is 53.6 Å². The molecular formula is C16H14N4O6S. The Labute approximate surface area is 157 Å². The van der Waals surface area contributed by atoms with Gasteiger partial charge in [-0.15, -0.1) is 11.8 Å². The summed E-state index contributed by atoms with van der Waals surface area (Å²) in [7, 11) is 0. The van der Waals surface area contributed by atoms with Crippen LogP contribution in [0.25, 0.3) is 0 Å². The van der Waals surface area contributed by atoms with Gasteiger partial charge in [0.05, 0.1) is 27.4 Å². The molecular weight excluding hydrogens is 376 g/mol. The maximum absolute atomic E-state index is 11.2. The van der Waals surface area contributed by atoms with Crippen LogP contribution in [-0.4, -0.2) is 38.1 Å². The molecule has 0 fully saturated rings. The molecule has 0 saturated carbocycles. The Morgan fingerprint density at radius 1 is 1.07 bits per heavy atom. The highest BCUT2D eigenvalue weighted by Crippen LogP contribution is 2.29. The summed E-state index contributed by atoms with van der Waals surface area (Å²) in [4.78, 5) is 31.2. The van der Waals surface area contributed by atoms with Gasteiger partial charge in [-0.25, -0.2) is 0 Å². The van der Waals surface area contributed by atoms with Crippen molar-refractivity contribution < 1.29 is 19.7 Å². The fourth-order valence-electron chi connectivity index (χ4n) is 2.05. The predicted molar refractivity (Wildman–Crippen MR) is 101 cm³/mol. The molecule has 0 aliphatic carbocycles. The van der Waals surface area contributed by atoms with E-state index in [1.54, 1.807) is 30.3 Å². The Hall–Kier alpha value is -3.47. The first-order valence-corrected chi connectivity index (χ1v) is 8.64. The van der Waals surface area contributed by atoms with E-state index in [1.807, 2.05) is 0 Å². The van der Waals surface area contributed by atoms with Gasteiger partial charge in [0.1, 0.15) is 5.69 Å². The Bertz CT molecular complexity index is 888. The molecule has 0 aliphatic heterocycles. The highest BCUT2D eigenvalue weighted by molar-refractivity contribution is 8.00. The molecule has 27 heavy (non-hydrogen) atoms. The predicted octanol–water partition coefficient (Wildman–Crippen LogP) is 3.14. The third-order valence-corrected chi connectivity index (χ3v) is 4.20. The van der Waals surface area contributed by atoms with Crippen LogP contribution < -0.4 is 5.43 Å². The van der Waals surface area contributed by atoms with Gasteiger partial charge in [-0.05, 0) is 11.6 Å². The molecule has 0 bridgehead atoms. The van der Waals surface area contributed by atoms with E-state index in [0.29, 0.717) is 11.3 Å². The van der Waals surface area contributed by atoms with E-state index in [4.69, 9.17) is 5.11 Å². The summed E-state index contributed by atoms with van der Waals surface area (Å²) >= 11 is 1.12. The van der Waals surface area contributed by atoms with Crippen molar-refractivity contribution in [3.63, 3.8) is 0 Å². The quantitative estimate of drug-likeness (QED) is 0.377. The van der Waals surface area contributed by atoms with Crippen LogP contribution in [0.2, 0.25) is 0 Å². The number of hydrogen-bond donors (Lipinski definition) is 2. The molecule has 11 heteroatoms. The molecule has 2 aromatic carbocycles. The molecule has 2 rings (SSSR count). The summed E-state index contributed by atoms with van der Waals surface area (Å²) in [6.07, 6.45) is 0. The van der Waals surface area contributed by atoms with E-state index >= 15 is 0 Å². The summed E-state index contributed by atoms with van der Waals surface area (Å²) in [6, 6.07) is 12.1. The minimum atomic E-state index is -0.966. The molecule has 0 saturated heterocycles. The molecule has 0 radical (unpaired) electrons. The number of thioether (sulfide) groups is 1. The highest BCUT2D eigenvalue weighted by atomic mass is 32.2. The molecule has 0 aromatic heterocycles. The van der Waals surface area contributed by atoms with E-state index in [9.17, 15) is 25.0 Å². The summed E-state index contributed by atoms with van der Waals surface area (Å²) in [5.41, 5.74) is 2.85. The van der Waals surface area contributed by atoms with Gasteiger partial charge in [-0.1, -0.05) is 30.3 Å². The Kier molecular flexibility index (Phi) is 6.83. The largest absolute Gasteiger partial charge is 0.481 e. The zero-order valence-electron chi connectivity index (χ0n) is 13.8. The van der Waals surface area contributed by atoms with E-state index < -0.39 is 27.2 Å². The molecule has 0 amide bonds. The molecule has 0 unspecified atom stereocenters. The maximum Gasteiger partial charge on any atom is 0.313 e. The fourth-order valence-corrected chi connectivity index (χ4v) is 2.75. The van der Waals surface area contributed by atoms with Crippen LogP contribution in [0.4, 0.5) is 17.1 Å². The number of nitrogens with zero attached hydrogens (tertiary/aromatic N) is 3. The van der Waals surface area contributed by atoms with Crippen molar-refractivity contribution in [3.8, 4) is 0 Å². The molecule has 0 atom stereocenters. The lowest BCUT2D eigenvalue weighted by molar-refractivity contribution is -0.393. The van der Waals surface area contributed by atoms with Gasteiger partial charge < -0.3 is 5.11 Å². The first-order chi connectivity index (χ1) is 12.9. The van der Waals surface area contributed by atoms with Gasteiger partial charge in [0, 0.05) is 11.8 Å². The number of hydrazone groups is 1.